The fourth-order valence-corrected chi connectivity index (χ4v) is 2.51. The van der Waals surface area contributed by atoms with Gasteiger partial charge in [-0.05, 0) is 19.3 Å². The number of ketones is 1. The maximum absolute atomic E-state index is 12.1. The van der Waals surface area contributed by atoms with Gasteiger partial charge >= 0.3 is 0 Å². The Labute approximate surface area is 155 Å². The van der Waals surface area contributed by atoms with Gasteiger partial charge in [-0.1, -0.05) is 39.0 Å². The van der Waals surface area contributed by atoms with Crippen LogP contribution in [0.5, 0.6) is 0 Å². The first kappa shape index (κ1) is 21.7. The molecule has 0 spiro atoms. The predicted molar refractivity (Wildman–Crippen MR) is 103 cm³/mol. The summed E-state index contributed by atoms with van der Waals surface area (Å²) in [6.07, 6.45) is 9.96. The number of nitrogens with one attached hydrogen (secondary N) is 2. The van der Waals surface area contributed by atoms with Crippen LogP contribution >= 0.6 is 0 Å². The number of aromatic amines is 1. The number of H-pyrrole nitrogens is 1. The zero-order chi connectivity index (χ0) is 19.2. The standard InChI is InChI=1S/C18H32N6O2/c1-2-3-4-5-8-11-21-17(26)16-23-13-14(24-16)15(25)10-7-6-9-12-22-18(19)20/h13H,2-12H2,1H3,(H,21,26)(H,23,24)(H4,19,20,22). The largest absolute Gasteiger partial charge is 0.370 e. The molecule has 0 aliphatic heterocycles. The molecule has 0 saturated carbocycles. The van der Waals surface area contributed by atoms with Gasteiger partial charge in [0.05, 0.1) is 6.20 Å². The van der Waals surface area contributed by atoms with Crippen molar-refractivity contribution in [1.82, 2.24) is 15.3 Å². The van der Waals surface area contributed by atoms with Crippen LogP contribution in [0.2, 0.25) is 0 Å². The highest BCUT2D eigenvalue weighted by molar-refractivity contribution is 5.96. The first-order chi connectivity index (χ1) is 12.5. The van der Waals surface area contributed by atoms with Crippen molar-refractivity contribution < 1.29 is 9.59 Å². The number of carbonyl (C=O) groups is 2. The van der Waals surface area contributed by atoms with Crippen LogP contribution in [-0.2, 0) is 0 Å². The molecule has 0 aromatic carbocycles. The van der Waals surface area contributed by atoms with E-state index in [4.69, 9.17) is 11.5 Å². The highest BCUT2D eigenvalue weighted by atomic mass is 16.2. The number of rotatable bonds is 14. The SMILES string of the molecule is CCCCCCCNC(=O)c1ncc(C(=O)CCCCCN=C(N)N)[nH]1. The van der Waals surface area contributed by atoms with Gasteiger partial charge in [-0.3, -0.25) is 14.6 Å². The van der Waals surface area contributed by atoms with Gasteiger partial charge in [0, 0.05) is 19.5 Å². The van der Waals surface area contributed by atoms with Gasteiger partial charge in [0.2, 0.25) is 0 Å². The van der Waals surface area contributed by atoms with E-state index >= 15 is 0 Å². The normalized spacial score (nSPS) is 10.5. The Morgan fingerprint density at radius 3 is 2.58 bits per heavy atom. The Balaban J connectivity index is 2.24. The van der Waals surface area contributed by atoms with E-state index < -0.39 is 0 Å². The van der Waals surface area contributed by atoms with Crippen LogP contribution in [0.3, 0.4) is 0 Å². The van der Waals surface area contributed by atoms with Crippen LogP contribution in [0.15, 0.2) is 11.2 Å². The quantitative estimate of drug-likeness (QED) is 0.173. The minimum Gasteiger partial charge on any atom is -0.370 e. The van der Waals surface area contributed by atoms with Crippen LogP contribution in [0.1, 0.15) is 85.8 Å². The highest BCUT2D eigenvalue weighted by Gasteiger charge is 2.13. The molecular formula is C18H32N6O2. The van der Waals surface area contributed by atoms with Crippen molar-refractivity contribution in [3.63, 3.8) is 0 Å². The molecule has 6 N–H and O–H groups in total. The molecule has 0 unspecified atom stereocenters. The van der Waals surface area contributed by atoms with Gasteiger partial charge in [0.25, 0.3) is 5.91 Å². The molecule has 1 amide bonds. The molecule has 0 bridgehead atoms. The Bertz CT molecular complexity index is 578. The summed E-state index contributed by atoms with van der Waals surface area (Å²) in [5, 5.41) is 2.83. The van der Waals surface area contributed by atoms with Crippen molar-refractivity contribution in [3.05, 3.63) is 17.7 Å². The number of nitrogens with zero attached hydrogens (tertiary/aromatic N) is 2. The minimum absolute atomic E-state index is 0.0436. The van der Waals surface area contributed by atoms with Crippen LogP contribution in [0.4, 0.5) is 0 Å². The van der Waals surface area contributed by atoms with Crippen molar-refractivity contribution in [2.75, 3.05) is 13.1 Å². The number of aliphatic imine (C=N–C) groups is 1. The zero-order valence-corrected chi connectivity index (χ0v) is 15.7. The topological polar surface area (TPSA) is 139 Å². The van der Waals surface area contributed by atoms with E-state index in [2.05, 4.69) is 27.2 Å². The van der Waals surface area contributed by atoms with Gasteiger partial charge in [-0.2, -0.15) is 0 Å². The second kappa shape index (κ2) is 12.9. The number of hydrogen-bond acceptors (Lipinski definition) is 4. The van der Waals surface area contributed by atoms with E-state index in [0.717, 1.165) is 32.1 Å². The Hall–Kier alpha value is -2.38. The molecule has 0 saturated heterocycles. The van der Waals surface area contributed by atoms with Crippen molar-refractivity contribution in [2.24, 2.45) is 16.5 Å². The van der Waals surface area contributed by atoms with Crippen LogP contribution in [0.25, 0.3) is 0 Å². The molecule has 0 atom stereocenters. The van der Waals surface area contributed by atoms with Gasteiger partial charge in [0.1, 0.15) is 5.69 Å². The Morgan fingerprint density at radius 2 is 1.85 bits per heavy atom. The first-order valence-electron chi connectivity index (χ1n) is 9.46. The van der Waals surface area contributed by atoms with Crippen molar-refractivity contribution in [1.29, 1.82) is 0 Å². The lowest BCUT2D eigenvalue weighted by atomic mass is 10.1. The van der Waals surface area contributed by atoms with E-state index in [9.17, 15) is 9.59 Å². The highest BCUT2D eigenvalue weighted by Crippen LogP contribution is 2.07. The number of amides is 1. The second-order valence-electron chi connectivity index (χ2n) is 6.36. The maximum Gasteiger partial charge on any atom is 0.287 e. The number of aromatic nitrogens is 2. The first-order valence-corrected chi connectivity index (χ1v) is 9.46. The van der Waals surface area contributed by atoms with Gasteiger partial charge in [-0.15, -0.1) is 0 Å². The van der Waals surface area contributed by atoms with E-state index in [1.807, 2.05) is 0 Å². The third kappa shape index (κ3) is 9.19. The molecule has 0 radical (unpaired) electrons. The molecular weight excluding hydrogens is 332 g/mol. The number of carbonyl (C=O) groups excluding carboxylic acids is 2. The van der Waals surface area contributed by atoms with Crippen LogP contribution in [-0.4, -0.2) is 40.7 Å². The van der Waals surface area contributed by atoms with Gasteiger partial charge < -0.3 is 21.8 Å². The summed E-state index contributed by atoms with van der Waals surface area (Å²) in [6, 6.07) is 0. The summed E-state index contributed by atoms with van der Waals surface area (Å²) in [6.45, 7) is 3.37. The summed E-state index contributed by atoms with van der Waals surface area (Å²) in [5.74, 6) is -0.0327. The van der Waals surface area contributed by atoms with E-state index in [-0.39, 0.29) is 23.5 Å². The summed E-state index contributed by atoms with van der Waals surface area (Å²) >= 11 is 0. The van der Waals surface area contributed by atoms with E-state index in [0.29, 0.717) is 25.2 Å². The fraction of sp³-hybridized carbons (Fsp3) is 0.667. The average molecular weight is 364 g/mol. The number of guanidine groups is 1. The zero-order valence-electron chi connectivity index (χ0n) is 15.7. The third-order valence-corrected chi connectivity index (χ3v) is 4.01. The van der Waals surface area contributed by atoms with E-state index in [1.54, 1.807) is 0 Å². The number of imidazole rings is 1. The predicted octanol–water partition coefficient (Wildman–Crippen LogP) is 2.13. The molecule has 1 aromatic heterocycles. The monoisotopic (exact) mass is 364 g/mol. The summed E-state index contributed by atoms with van der Waals surface area (Å²) in [5.41, 5.74) is 10.9. The molecule has 0 aliphatic rings. The van der Waals surface area contributed by atoms with Gasteiger partial charge in [0.15, 0.2) is 17.6 Å². The number of unbranched alkanes of at least 4 members (excludes halogenated alkanes) is 6. The Morgan fingerprint density at radius 1 is 1.12 bits per heavy atom. The molecule has 1 aromatic rings. The molecule has 1 rings (SSSR count). The summed E-state index contributed by atoms with van der Waals surface area (Å²) < 4.78 is 0. The van der Waals surface area contributed by atoms with Gasteiger partial charge in [-0.25, -0.2) is 4.98 Å². The van der Waals surface area contributed by atoms with Crippen molar-refractivity contribution in [3.8, 4) is 0 Å². The number of Topliss-reactive ketones (excluding diaryl/α,β-unsaturated/α-hetero) is 1. The van der Waals surface area contributed by atoms with Crippen molar-refractivity contribution in [2.45, 2.75) is 64.7 Å². The molecule has 146 valence electrons. The summed E-state index contributed by atoms with van der Waals surface area (Å²) in [4.78, 5) is 34.8. The van der Waals surface area contributed by atoms with Crippen molar-refractivity contribution >= 4 is 17.6 Å². The maximum atomic E-state index is 12.1. The molecule has 1 heterocycles. The van der Waals surface area contributed by atoms with E-state index in [1.165, 1.54) is 25.5 Å². The smallest absolute Gasteiger partial charge is 0.287 e. The molecule has 26 heavy (non-hydrogen) atoms. The van der Waals surface area contributed by atoms with Crippen LogP contribution < -0.4 is 16.8 Å². The number of nitrogens with two attached hydrogens (primary N) is 2. The average Bonchev–Trinajstić information content (AvgIpc) is 3.10. The van der Waals surface area contributed by atoms with Crippen LogP contribution in [0, 0.1) is 0 Å². The Kier molecular flexibility index (Phi) is 10.8. The molecule has 0 fully saturated rings. The minimum atomic E-state index is -0.267. The lowest BCUT2D eigenvalue weighted by molar-refractivity contribution is 0.0943. The molecule has 8 heteroatoms. The lowest BCUT2D eigenvalue weighted by Crippen LogP contribution is -2.25. The second-order valence-corrected chi connectivity index (χ2v) is 6.36. The summed E-state index contributed by atoms with van der Waals surface area (Å²) in [7, 11) is 0. The lowest BCUT2D eigenvalue weighted by Gasteiger charge is -2.03. The molecule has 8 nitrogen and oxygen atoms in total. The number of hydrogen-bond donors (Lipinski definition) is 4. The molecule has 0 aliphatic carbocycles. The third-order valence-electron chi connectivity index (χ3n) is 4.01. The fourth-order valence-electron chi connectivity index (χ4n) is 2.51.